The Morgan fingerprint density at radius 3 is 2.57 bits per heavy atom. The number of carbonyl (C=O) groups is 1. The van der Waals surface area contributed by atoms with Gasteiger partial charge in [-0.25, -0.2) is 0 Å². The van der Waals surface area contributed by atoms with Crippen LogP contribution in [0.25, 0.3) is 10.8 Å². The highest BCUT2D eigenvalue weighted by atomic mass is 16.5. The van der Waals surface area contributed by atoms with Gasteiger partial charge in [-0.3, -0.25) is 4.79 Å². The molecule has 30 heavy (non-hydrogen) atoms. The molecule has 3 aromatic carbocycles. The van der Waals surface area contributed by atoms with Crippen molar-refractivity contribution >= 4 is 28.1 Å². The van der Waals surface area contributed by atoms with Crippen LogP contribution in [0.3, 0.4) is 0 Å². The lowest BCUT2D eigenvalue weighted by Gasteiger charge is -2.31. The second-order valence-corrected chi connectivity index (χ2v) is 7.99. The molecule has 5 heteroatoms. The van der Waals surface area contributed by atoms with Gasteiger partial charge in [0.15, 0.2) is 6.04 Å². The number of morpholine rings is 1. The maximum absolute atomic E-state index is 13.0. The van der Waals surface area contributed by atoms with Crippen LogP contribution in [0, 0.1) is 0 Å². The van der Waals surface area contributed by atoms with Gasteiger partial charge >= 0.3 is 0 Å². The van der Waals surface area contributed by atoms with Gasteiger partial charge in [0.25, 0.3) is 5.91 Å². The molecule has 2 N–H and O–H groups in total. The predicted octanol–water partition coefficient (Wildman–Crippen LogP) is 2.72. The van der Waals surface area contributed by atoms with E-state index in [-0.39, 0.29) is 11.9 Å². The zero-order chi connectivity index (χ0) is 20.9. The van der Waals surface area contributed by atoms with Gasteiger partial charge < -0.3 is 19.9 Å². The molecule has 2 atom stereocenters. The highest BCUT2D eigenvalue weighted by Crippen LogP contribution is 2.23. The van der Waals surface area contributed by atoms with Crippen LogP contribution in [0.2, 0.25) is 0 Å². The Bertz CT molecular complexity index is 1010. The molecule has 0 saturated carbocycles. The summed E-state index contributed by atoms with van der Waals surface area (Å²) < 4.78 is 5.50. The van der Waals surface area contributed by atoms with Crippen molar-refractivity contribution in [2.45, 2.75) is 19.5 Å². The molecule has 4 rings (SSSR count). The third-order valence-corrected chi connectivity index (χ3v) is 5.99. The Morgan fingerprint density at radius 1 is 1.03 bits per heavy atom. The van der Waals surface area contributed by atoms with E-state index in [0.717, 1.165) is 54.2 Å². The van der Waals surface area contributed by atoms with Crippen molar-refractivity contribution in [3.8, 4) is 0 Å². The second-order valence-electron chi connectivity index (χ2n) is 7.99. The smallest absolute Gasteiger partial charge is 0.282 e. The zero-order valence-corrected chi connectivity index (χ0v) is 17.7. The van der Waals surface area contributed by atoms with E-state index < -0.39 is 0 Å². The quantitative estimate of drug-likeness (QED) is 0.664. The largest absolute Gasteiger partial charge is 0.378 e. The maximum atomic E-state index is 13.0. The number of benzene rings is 3. The van der Waals surface area contributed by atoms with Gasteiger partial charge in [-0.2, -0.15) is 0 Å². The van der Waals surface area contributed by atoms with Crippen LogP contribution in [0.15, 0.2) is 66.7 Å². The number of ether oxygens (including phenoxy) is 1. The normalized spacial score (nSPS) is 16.3. The van der Waals surface area contributed by atoms with Gasteiger partial charge in [-0.15, -0.1) is 0 Å². The number of anilines is 2. The van der Waals surface area contributed by atoms with Gasteiger partial charge in [-0.1, -0.05) is 54.6 Å². The van der Waals surface area contributed by atoms with Gasteiger partial charge in [-0.05, 0) is 24.4 Å². The SMILES string of the molecule is C[C@H](C(=O)Nc1cccc2ccccc12)[NH+](C)Cc1ccccc1N1CCOCC1. The fourth-order valence-electron chi connectivity index (χ4n) is 4.03. The van der Waals surface area contributed by atoms with Crippen molar-refractivity contribution in [2.75, 3.05) is 43.6 Å². The molecule has 1 aliphatic heterocycles. The van der Waals surface area contributed by atoms with E-state index in [0.29, 0.717) is 0 Å². The van der Waals surface area contributed by atoms with Crippen LogP contribution in [0.4, 0.5) is 11.4 Å². The van der Waals surface area contributed by atoms with Crippen molar-refractivity contribution in [1.82, 2.24) is 0 Å². The first-order valence-electron chi connectivity index (χ1n) is 10.6. The Morgan fingerprint density at radius 2 is 1.73 bits per heavy atom. The van der Waals surface area contributed by atoms with Gasteiger partial charge in [0.05, 0.1) is 20.3 Å². The maximum Gasteiger partial charge on any atom is 0.282 e. The fourth-order valence-corrected chi connectivity index (χ4v) is 4.03. The minimum atomic E-state index is -0.179. The minimum absolute atomic E-state index is 0.0349. The molecule has 1 heterocycles. The number of carbonyl (C=O) groups excluding carboxylic acids is 1. The Kier molecular flexibility index (Phi) is 6.31. The van der Waals surface area contributed by atoms with Crippen molar-refractivity contribution in [1.29, 1.82) is 0 Å². The molecule has 1 fully saturated rings. The summed E-state index contributed by atoms with van der Waals surface area (Å²) in [5.74, 6) is 0.0349. The second kappa shape index (κ2) is 9.28. The lowest BCUT2D eigenvalue weighted by Crippen LogP contribution is -3.12. The summed E-state index contributed by atoms with van der Waals surface area (Å²) in [4.78, 5) is 16.6. The topological polar surface area (TPSA) is 46.0 Å². The van der Waals surface area contributed by atoms with E-state index >= 15 is 0 Å². The highest BCUT2D eigenvalue weighted by Gasteiger charge is 2.24. The number of quaternary nitrogens is 1. The standard InChI is InChI=1S/C25H29N3O2/c1-19(25(29)26-23-12-7-10-20-8-3-5-11-22(20)23)27(2)18-21-9-4-6-13-24(21)28-14-16-30-17-15-28/h3-13,19H,14-18H2,1-2H3,(H,26,29)/p+1/t19-/m1/s1. The Labute approximate surface area is 178 Å². The molecule has 1 aliphatic rings. The molecule has 0 aromatic heterocycles. The van der Waals surface area contributed by atoms with Crippen molar-refractivity contribution in [2.24, 2.45) is 0 Å². The summed E-state index contributed by atoms with van der Waals surface area (Å²) in [5.41, 5.74) is 3.38. The minimum Gasteiger partial charge on any atom is -0.378 e. The average Bonchev–Trinajstić information content (AvgIpc) is 2.79. The fraction of sp³-hybridized carbons (Fsp3) is 0.320. The summed E-state index contributed by atoms with van der Waals surface area (Å²) in [6, 6.07) is 22.5. The number of nitrogens with one attached hydrogen (secondary N) is 2. The average molecular weight is 405 g/mol. The number of likely N-dealkylation sites (N-methyl/N-ethyl adjacent to an activating group) is 1. The summed E-state index contributed by atoms with van der Waals surface area (Å²) in [6.07, 6.45) is 0. The molecule has 0 radical (unpaired) electrons. The first-order valence-corrected chi connectivity index (χ1v) is 10.6. The van der Waals surface area contributed by atoms with E-state index in [1.54, 1.807) is 0 Å². The van der Waals surface area contributed by atoms with Crippen LogP contribution >= 0.6 is 0 Å². The third kappa shape index (κ3) is 4.48. The first-order chi connectivity index (χ1) is 14.6. The molecule has 0 bridgehead atoms. The molecular weight excluding hydrogens is 374 g/mol. The number of nitrogens with zero attached hydrogens (tertiary/aromatic N) is 1. The Hall–Kier alpha value is -2.89. The number of amides is 1. The van der Waals surface area contributed by atoms with Crippen LogP contribution in [-0.4, -0.2) is 45.3 Å². The summed E-state index contributed by atoms with van der Waals surface area (Å²) in [6.45, 7) is 6.13. The van der Waals surface area contributed by atoms with Crippen molar-refractivity contribution in [3.05, 3.63) is 72.3 Å². The molecule has 0 aliphatic carbocycles. The predicted molar refractivity (Wildman–Crippen MR) is 122 cm³/mol. The molecule has 1 unspecified atom stereocenters. The van der Waals surface area contributed by atoms with E-state index in [4.69, 9.17) is 4.74 Å². The summed E-state index contributed by atoms with van der Waals surface area (Å²) in [7, 11) is 2.09. The van der Waals surface area contributed by atoms with Crippen LogP contribution in [0.5, 0.6) is 0 Å². The first kappa shape index (κ1) is 20.4. The Balaban J connectivity index is 1.46. The number of hydrogen-bond donors (Lipinski definition) is 2. The lowest BCUT2D eigenvalue weighted by molar-refractivity contribution is -0.907. The van der Waals surface area contributed by atoms with E-state index in [1.165, 1.54) is 11.3 Å². The van der Waals surface area contributed by atoms with Gasteiger partial charge in [0.2, 0.25) is 0 Å². The summed E-state index contributed by atoms with van der Waals surface area (Å²) in [5, 5.41) is 5.34. The summed E-state index contributed by atoms with van der Waals surface area (Å²) >= 11 is 0. The third-order valence-electron chi connectivity index (χ3n) is 5.99. The molecule has 156 valence electrons. The number of para-hydroxylation sites is 1. The van der Waals surface area contributed by atoms with E-state index in [2.05, 4.69) is 53.7 Å². The molecule has 1 amide bonds. The zero-order valence-electron chi connectivity index (χ0n) is 17.7. The molecular formula is C25H30N3O2+. The van der Waals surface area contributed by atoms with E-state index in [9.17, 15) is 4.79 Å². The van der Waals surface area contributed by atoms with Crippen molar-refractivity contribution in [3.63, 3.8) is 0 Å². The lowest BCUT2D eigenvalue weighted by atomic mass is 10.1. The molecule has 1 saturated heterocycles. The number of fused-ring (bicyclic) bond motifs is 1. The molecule has 3 aromatic rings. The monoisotopic (exact) mass is 404 g/mol. The number of hydrogen-bond acceptors (Lipinski definition) is 3. The van der Waals surface area contributed by atoms with E-state index in [1.807, 2.05) is 37.3 Å². The van der Waals surface area contributed by atoms with Crippen LogP contribution < -0.4 is 15.1 Å². The van der Waals surface area contributed by atoms with Gasteiger partial charge in [0, 0.05) is 35.4 Å². The number of rotatable bonds is 6. The highest BCUT2D eigenvalue weighted by molar-refractivity contribution is 6.03. The van der Waals surface area contributed by atoms with Crippen LogP contribution in [0.1, 0.15) is 12.5 Å². The van der Waals surface area contributed by atoms with Crippen molar-refractivity contribution < 1.29 is 14.4 Å². The van der Waals surface area contributed by atoms with Gasteiger partial charge in [0.1, 0.15) is 6.54 Å². The molecule has 0 spiro atoms. The van der Waals surface area contributed by atoms with Crippen LogP contribution in [-0.2, 0) is 16.1 Å². The molecule has 5 nitrogen and oxygen atoms in total.